The molecule has 5 nitrogen and oxygen atoms in total. The van der Waals surface area contributed by atoms with Crippen molar-refractivity contribution < 1.29 is 8.42 Å². The van der Waals surface area contributed by atoms with Crippen molar-refractivity contribution in [3.05, 3.63) is 52.0 Å². The Balaban J connectivity index is 2.48. The van der Waals surface area contributed by atoms with Gasteiger partial charge in [-0.25, -0.2) is 8.42 Å². The molecule has 0 amide bonds. The number of para-hydroxylation sites is 1. The van der Waals surface area contributed by atoms with Crippen molar-refractivity contribution in [2.75, 3.05) is 10.1 Å². The van der Waals surface area contributed by atoms with Gasteiger partial charge in [-0.15, -0.1) is 0 Å². The van der Waals surface area contributed by atoms with Gasteiger partial charge in [0.15, 0.2) is 0 Å². The molecule has 0 unspecified atom stereocenters. The lowest BCUT2D eigenvalue weighted by atomic mass is 10.1. The van der Waals surface area contributed by atoms with Gasteiger partial charge in [0.25, 0.3) is 10.0 Å². The number of nitrogen functional groups attached to an aromatic ring is 1. The largest absolute Gasteiger partial charge is 0.323 e. The van der Waals surface area contributed by atoms with Gasteiger partial charge in [0, 0.05) is 4.47 Å². The van der Waals surface area contributed by atoms with Crippen LogP contribution in [0.5, 0.6) is 0 Å². The molecule has 0 atom stereocenters. The van der Waals surface area contributed by atoms with E-state index in [4.69, 9.17) is 5.84 Å². The molecule has 0 spiro atoms. The molecule has 0 radical (unpaired) electrons. The highest BCUT2D eigenvalue weighted by Gasteiger charge is 2.20. The molecule has 112 valence electrons. The number of nitrogens with one attached hydrogen (secondary N) is 2. The SMILES string of the molecule is Cc1cc(C)c(NS(=O)(=O)c2ccccc2NN)c(Br)c1. The minimum absolute atomic E-state index is 0.0966. The van der Waals surface area contributed by atoms with Crippen LogP contribution in [-0.2, 0) is 10.0 Å². The summed E-state index contributed by atoms with van der Waals surface area (Å²) in [7, 11) is -3.74. The molecule has 7 heteroatoms. The monoisotopic (exact) mass is 369 g/mol. The van der Waals surface area contributed by atoms with Crippen LogP contribution in [0.1, 0.15) is 11.1 Å². The third-order valence-corrected chi connectivity index (χ3v) is 5.03. The molecule has 0 aliphatic heterocycles. The average Bonchev–Trinajstić information content (AvgIpc) is 2.43. The summed E-state index contributed by atoms with van der Waals surface area (Å²) in [6, 6.07) is 10.2. The third-order valence-electron chi connectivity index (χ3n) is 3.00. The molecule has 0 aliphatic carbocycles. The summed E-state index contributed by atoms with van der Waals surface area (Å²) >= 11 is 3.39. The molecule has 0 heterocycles. The second-order valence-corrected chi connectivity index (χ2v) is 7.19. The Morgan fingerprint density at radius 2 is 1.81 bits per heavy atom. The molecule has 0 bridgehead atoms. The van der Waals surface area contributed by atoms with Gasteiger partial charge in [-0.1, -0.05) is 18.2 Å². The van der Waals surface area contributed by atoms with E-state index in [1.54, 1.807) is 18.2 Å². The number of hydrogen-bond donors (Lipinski definition) is 3. The fourth-order valence-electron chi connectivity index (χ4n) is 2.05. The predicted molar refractivity (Wildman–Crippen MR) is 88.7 cm³/mol. The lowest BCUT2D eigenvalue weighted by Crippen LogP contribution is -2.18. The average molecular weight is 370 g/mol. The molecule has 0 saturated carbocycles. The Bertz CT molecular complexity index is 753. The van der Waals surface area contributed by atoms with Crippen LogP contribution < -0.4 is 16.0 Å². The molecule has 2 rings (SSSR count). The molecule has 0 aliphatic rings. The van der Waals surface area contributed by atoms with E-state index in [9.17, 15) is 8.42 Å². The topological polar surface area (TPSA) is 84.2 Å². The van der Waals surface area contributed by atoms with Gasteiger partial charge < -0.3 is 5.43 Å². The van der Waals surface area contributed by atoms with Crippen LogP contribution in [0, 0.1) is 13.8 Å². The van der Waals surface area contributed by atoms with Crippen molar-refractivity contribution in [2.24, 2.45) is 5.84 Å². The van der Waals surface area contributed by atoms with E-state index < -0.39 is 10.0 Å². The van der Waals surface area contributed by atoms with Crippen molar-refractivity contribution in [3.8, 4) is 0 Å². The first-order chi connectivity index (χ1) is 9.85. The summed E-state index contributed by atoms with van der Waals surface area (Å²) in [5.41, 5.74) is 5.14. The maximum atomic E-state index is 12.5. The predicted octanol–water partition coefficient (Wildman–Crippen LogP) is 3.15. The van der Waals surface area contributed by atoms with E-state index >= 15 is 0 Å². The zero-order chi connectivity index (χ0) is 15.6. The van der Waals surface area contributed by atoms with Crippen LogP contribution >= 0.6 is 15.9 Å². The Kier molecular flexibility index (Phi) is 4.55. The van der Waals surface area contributed by atoms with E-state index in [2.05, 4.69) is 26.1 Å². The summed E-state index contributed by atoms with van der Waals surface area (Å²) in [5, 5.41) is 0. The summed E-state index contributed by atoms with van der Waals surface area (Å²) < 4.78 is 28.4. The first kappa shape index (κ1) is 15.8. The van der Waals surface area contributed by atoms with Gasteiger partial charge in [-0.05, 0) is 59.1 Å². The first-order valence-electron chi connectivity index (χ1n) is 6.20. The van der Waals surface area contributed by atoms with Crippen molar-refractivity contribution >= 4 is 37.3 Å². The Morgan fingerprint density at radius 3 is 2.43 bits per heavy atom. The smallest absolute Gasteiger partial charge is 0.264 e. The van der Waals surface area contributed by atoms with E-state index in [1.807, 2.05) is 26.0 Å². The second-order valence-electron chi connectivity index (χ2n) is 4.68. The lowest BCUT2D eigenvalue weighted by molar-refractivity contribution is 0.601. The van der Waals surface area contributed by atoms with Crippen LogP contribution in [0.2, 0.25) is 0 Å². The molecular formula is C14H16BrN3O2S. The number of benzene rings is 2. The zero-order valence-corrected chi connectivity index (χ0v) is 14.0. The Morgan fingerprint density at radius 1 is 1.14 bits per heavy atom. The Hall–Kier alpha value is -1.57. The normalized spacial score (nSPS) is 11.2. The summed E-state index contributed by atoms with van der Waals surface area (Å²) in [6.07, 6.45) is 0. The number of hydrogen-bond acceptors (Lipinski definition) is 4. The van der Waals surface area contributed by atoms with Crippen LogP contribution in [0.3, 0.4) is 0 Å². The number of aryl methyl sites for hydroxylation is 2. The summed E-state index contributed by atoms with van der Waals surface area (Å²) in [4.78, 5) is 0.0966. The minimum Gasteiger partial charge on any atom is -0.323 e. The van der Waals surface area contributed by atoms with E-state index in [0.717, 1.165) is 11.1 Å². The molecule has 0 aromatic heterocycles. The maximum absolute atomic E-state index is 12.5. The maximum Gasteiger partial charge on any atom is 0.264 e. The molecule has 2 aromatic rings. The van der Waals surface area contributed by atoms with Crippen molar-refractivity contribution in [2.45, 2.75) is 18.7 Å². The minimum atomic E-state index is -3.74. The number of sulfonamides is 1. The molecule has 0 fully saturated rings. The molecule has 21 heavy (non-hydrogen) atoms. The molecule has 4 N–H and O–H groups in total. The van der Waals surface area contributed by atoms with E-state index in [-0.39, 0.29) is 4.90 Å². The van der Waals surface area contributed by atoms with Gasteiger partial charge >= 0.3 is 0 Å². The summed E-state index contributed by atoms with van der Waals surface area (Å²) in [6.45, 7) is 3.80. The lowest BCUT2D eigenvalue weighted by Gasteiger charge is -2.15. The number of halogens is 1. The van der Waals surface area contributed by atoms with Gasteiger partial charge in [-0.3, -0.25) is 10.6 Å². The van der Waals surface area contributed by atoms with Crippen LogP contribution in [-0.4, -0.2) is 8.42 Å². The highest BCUT2D eigenvalue weighted by atomic mass is 79.9. The molecule has 2 aromatic carbocycles. The zero-order valence-electron chi connectivity index (χ0n) is 11.6. The van der Waals surface area contributed by atoms with Crippen LogP contribution in [0.4, 0.5) is 11.4 Å². The van der Waals surface area contributed by atoms with E-state index in [1.165, 1.54) is 6.07 Å². The first-order valence-corrected chi connectivity index (χ1v) is 8.48. The van der Waals surface area contributed by atoms with Crippen molar-refractivity contribution in [3.63, 3.8) is 0 Å². The number of hydrazine groups is 1. The highest BCUT2D eigenvalue weighted by molar-refractivity contribution is 9.10. The van der Waals surface area contributed by atoms with Gasteiger partial charge in [0.2, 0.25) is 0 Å². The quantitative estimate of drug-likeness (QED) is 0.570. The number of rotatable bonds is 4. The van der Waals surface area contributed by atoms with Crippen LogP contribution in [0.25, 0.3) is 0 Å². The summed E-state index contributed by atoms with van der Waals surface area (Å²) in [5.74, 6) is 5.37. The fourth-order valence-corrected chi connectivity index (χ4v) is 4.28. The van der Waals surface area contributed by atoms with Gasteiger partial charge in [0.05, 0.1) is 11.4 Å². The van der Waals surface area contributed by atoms with E-state index in [0.29, 0.717) is 15.8 Å². The van der Waals surface area contributed by atoms with Crippen molar-refractivity contribution in [1.82, 2.24) is 0 Å². The fraction of sp³-hybridized carbons (Fsp3) is 0.143. The number of nitrogens with two attached hydrogens (primary N) is 1. The Labute approximate surface area is 132 Å². The third kappa shape index (κ3) is 3.37. The highest BCUT2D eigenvalue weighted by Crippen LogP contribution is 2.31. The van der Waals surface area contributed by atoms with Crippen LogP contribution in [0.15, 0.2) is 45.8 Å². The standard InChI is InChI=1S/C14H16BrN3O2S/c1-9-7-10(2)14(11(15)8-9)18-21(19,20)13-6-4-3-5-12(13)17-16/h3-8,17-18H,16H2,1-2H3. The van der Waals surface area contributed by atoms with Crippen molar-refractivity contribution in [1.29, 1.82) is 0 Å². The molecule has 0 saturated heterocycles. The second kappa shape index (κ2) is 6.05. The van der Waals surface area contributed by atoms with Gasteiger partial charge in [-0.2, -0.15) is 0 Å². The number of anilines is 2. The van der Waals surface area contributed by atoms with Gasteiger partial charge in [0.1, 0.15) is 4.90 Å². The molecular weight excluding hydrogens is 354 g/mol.